The van der Waals surface area contributed by atoms with Crippen molar-refractivity contribution < 1.29 is 4.79 Å². The third-order valence-corrected chi connectivity index (χ3v) is 5.62. The lowest BCUT2D eigenvalue weighted by Crippen LogP contribution is -2.43. The van der Waals surface area contributed by atoms with Gasteiger partial charge in [0.05, 0.1) is 11.1 Å². The van der Waals surface area contributed by atoms with Gasteiger partial charge in [0.25, 0.3) is 5.91 Å². The topological polar surface area (TPSA) is 32.7 Å². The van der Waals surface area contributed by atoms with E-state index in [4.69, 9.17) is 0 Å². The van der Waals surface area contributed by atoms with E-state index in [1.807, 2.05) is 42.6 Å². The highest BCUT2D eigenvalue weighted by Crippen LogP contribution is 2.51. The second kappa shape index (κ2) is 5.99. The summed E-state index contributed by atoms with van der Waals surface area (Å²) in [6.07, 6.45) is 3.54. The monoisotopic (exact) mass is 330 g/mol. The average Bonchev–Trinajstić information content (AvgIpc) is 2.97. The van der Waals surface area contributed by atoms with E-state index in [0.717, 1.165) is 18.5 Å². The van der Waals surface area contributed by atoms with Gasteiger partial charge in [-0.2, -0.15) is 5.10 Å². The molecule has 1 spiro atoms. The number of carbonyl (C=O) groups excluding carboxylic acids is 1. The molecule has 0 bridgehead atoms. The van der Waals surface area contributed by atoms with Crippen LogP contribution < -0.4 is 5.01 Å². The Hall–Kier alpha value is -2.68. The molecule has 0 aromatic heterocycles. The molecule has 0 saturated carbocycles. The van der Waals surface area contributed by atoms with Crippen LogP contribution in [0.25, 0.3) is 0 Å². The largest absolute Gasteiger partial charge is 0.271 e. The van der Waals surface area contributed by atoms with Gasteiger partial charge < -0.3 is 0 Å². The van der Waals surface area contributed by atoms with Crippen LogP contribution in [0.1, 0.15) is 38.2 Å². The fraction of sp³-hybridized carbons (Fsp3) is 0.273. The molecular formula is C22H22N2O. The Balaban J connectivity index is 1.78. The Morgan fingerprint density at radius 3 is 2.28 bits per heavy atom. The van der Waals surface area contributed by atoms with Gasteiger partial charge >= 0.3 is 0 Å². The maximum absolute atomic E-state index is 13.5. The third-order valence-electron chi connectivity index (χ3n) is 5.62. The molecule has 3 heteroatoms. The van der Waals surface area contributed by atoms with Crippen molar-refractivity contribution in [3.05, 3.63) is 77.4 Å². The van der Waals surface area contributed by atoms with E-state index < -0.39 is 5.41 Å². The van der Waals surface area contributed by atoms with E-state index in [-0.39, 0.29) is 11.8 Å². The van der Waals surface area contributed by atoms with Gasteiger partial charge in [0.1, 0.15) is 0 Å². The molecule has 0 fully saturated rings. The summed E-state index contributed by atoms with van der Waals surface area (Å²) in [5, 5.41) is 6.11. The minimum atomic E-state index is -0.583. The molecule has 1 amide bonds. The maximum atomic E-state index is 13.5. The Bertz CT molecular complexity index is 854. The number of hydrogen-bond donors (Lipinski definition) is 0. The van der Waals surface area contributed by atoms with Crippen LogP contribution in [-0.4, -0.2) is 12.1 Å². The molecule has 1 aliphatic heterocycles. The number of anilines is 1. The van der Waals surface area contributed by atoms with E-state index in [2.05, 4.69) is 43.2 Å². The van der Waals surface area contributed by atoms with Crippen molar-refractivity contribution in [1.29, 1.82) is 0 Å². The van der Waals surface area contributed by atoms with Gasteiger partial charge in [-0.05, 0) is 44.4 Å². The number of para-hydroxylation sites is 1. The predicted molar refractivity (Wildman–Crippen MR) is 102 cm³/mol. The molecule has 0 radical (unpaired) electrons. The molecule has 25 heavy (non-hydrogen) atoms. The highest BCUT2D eigenvalue weighted by atomic mass is 16.2. The first kappa shape index (κ1) is 15.8. The molecule has 0 saturated heterocycles. The zero-order valence-electron chi connectivity index (χ0n) is 14.6. The Morgan fingerprint density at radius 1 is 0.960 bits per heavy atom. The van der Waals surface area contributed by atoms with Crippen LogP contribution in [-0.2, 0) is 4.79 Å². The number of carbonyl (C=O) groups is 1. The SMILES string of the molecule is CC1=C(C)C[C@]2(C=NN(c3ccccc3)C2=O)[C@H](c2ccccc2)C1. The normalized spacial score (nSPS) is 25.9. The summed E-state index contributed by atoms with van der Waals surface area (Å²) in [4.78, 5) is 13.5. The maximum Gasteiger partial charge on any atom is 0.260 e. The van der Waals surface area contributed by atoms with E-state index in [1.165, 1.54) is 16.7 Å². The number of hydrazone groups is 1. The van der Waals surface area contributed by atoms with Crippen molar-refractivity contribution in [2.24, 2.45) is 10.5 Å². The summed E-state index contributed by atoms with van der Waals surface area (Å²) in [6.45, 7) is 4.33. The summed E-state index contributed by atoms with van der Waals surface area (Å²) in [5.41, 5.74) is 4.15. The quantitative estimate of drug-likeness (QED) is 0.719. The van der Waals surface area contributed by atoms with Crippen LogP contribution in [0.5, 0.6) is 0 Å². The molecule has 4 rings (SSSR count). The van der Waals surface area contributed by atoms with Crippen LogP contribution >= 0.6 is 0 Å². The lowest BCUT2D eigenvalue weighted by atomic mass is 9.63. The first-order valence-corrected chi connectivity index (χ1v) is 8.77. The molecular weight excluding hydrogens is 308 g/mol. The second-order valence-electron chi connectivity index (χ2n) is 7.14. The molecule has 3 nitrogen and oxygen atoms in total. The zero-order valence-corrected chi connectivity index (χ0v) is 14.6. The predicted octanol–water partition coefficient (Wildman–Crippen LogP) is 4.92. The smallest absolute Gasteiger partial charge is 0.260 e. The van der Waals surface area contributed by atoms with Crippen molar-refractivity contribution in [1.82, 2.24) is 0 Å². The van der Waals surface area contributed by atoms with Gasteiger partial charge in [0.15, 0.2) is 0 Å². The standard InChI is InChI=1S/C22H22N2O/c1-16-13-20(18-9-5-3-6-10-18)22(14-17(16)2)15-23-24(21(22)25)19-11-7-4-8-12-19/h3-12,15,20H,13-14H2,1-2H3/t20-,22-/m0/s1. The molecule has 2 aliphatic rings. The Labute approximate surface area is 148 Å². The first-order valence-electron chi connectivity index (χ1n) is 8.77. The molecule has 2 aromatic rings. The van der Waals surface area contributed by atoms with Crippen LogP contribution in [0.4, 0.5) is 5.69 Å². The molecule has 1 aliphatic carbocycles. The van der Waals surface area contributed by atoms with Crippen molar-refractivity contribution in [2.45, 2.75) is 32.6 Å². The van der Waals surface area contributed by atoms with Gasteiger partial charge in [0.2, 0.25) is 0 Å². The van der Waals surface area contributed by atoms with E-state index in [0.29, 0.717) is 0 Å². The van der Waals surface area contributed by atoms with Gasteiger partial charge in [0, 0.05) is 12.1 Å². The van der Waals surface area contributed by atoms with E-state index >= 15 is 0 Å². The number of rotatable bonds is 2. The van der Waals surface area contributed by atoms with E-state index in [1.54, 1.807) is 5.01 Å². The molecule has 126 valence electrons. The minimum absolute atomic E-state index is 0.0828. The highest BCUT2D eigenvalue weighted by molar-refractivity contribution is 6.13. The van der Waals surface area contributed by atoms with Gasteiger partial charge in [-0.15, -0.1) is 0 Å². The molecule has 0 unspecified atom stereocenters. The summed E-state index contributed by atoms with van der Waals surface area (Å²) in [5.74, 6) is 0.210. The lowest BCUT2D eigenvalue weighted by Gasteiger charge is -2.39. The summed E-state index contributed by atoms with van der Waals surface area (Å²) in [6, 6.07) is 20.1. The minimum Gasteiger partial charge on any atom is -0.271 e. The van der Waals surface area contributed by atoms with Gasteiger partial charge in [-0.3, -0.25) is 4.79 Å². The average molecular weight is 330 g/mol. The highest BCUT2D eigenvalue weighted by Gasteiger charge is 2.52. The van der Waals surface area contributed by atoms with Crippen LogP contribution in [0, 0.1) is 5.41 Å². The number of benzene rings is 2. The Morgan fingerprint density at radius 2 is 1.60 bits per heavy atom. The fourth-order valence-electron chi connectivity index (χ4n) is 4.05. The van der Waals surface area contributed by atoms with Crippen molar-refractivity contribution in [3.63, 3.8) is 0 Å². The van der Waals surface area contributed by atoms with Gasteiger partial charge in [-0.25, -0.2) is 5.01 Å². The molecule has 0 N–H and O–H groups in total. The summed E-state index contributed by atoms with van der Waals surface area (Å²) in [7, 11) is 0. The van der Waals surface area contributed by atoms with Crippen LogP contribution in [0.2, 0.25) is 0 Å². The van der Waals surface area contributed by atoms with Crippen molar-refractivity contribution in [3.8, 4) is 0 Å². The number of nitrogens with zero attached hydrogens (tertiary/aromatic N) is 2. The number of amides is 1. The van der Waals surface area contributed by atoms with E-state index in [9.17, 15) is 4.79 Å². The molecule has 1 heterocycles. The molecule has 2 atom stereocenters. The third kappa shape index (κ3) is 2.51. The Kier molecular flexibility index (Phi) is 3.79. The lowest BCUT2D eigenvalue weighted by molar-refractivity contribution is -0.124. The fourth-order valence-corrected chi connectivity index (χ4v) is 4.05. The summed E-state index contributed by atoms with van der Waals surface area (Å²) >= 11 is 0. The molecule has 2 aromatic carbocycles. The summed E-state index contributed by atoms with van der Waals surface area (Å²) < 4.78 is 0. The van der Waals surface area contributed by atoms with Gasteiger partial charge in [-0.1, -0.05) is 59.7 Å². The van der Waals surface area contributed by atoms with Crippen molar-refractivity contribution in [2.75, 3.05) is 5.01 Å². The van der Waals surface area contributed by atoms with Crippen LogP contribution in [0.15, 0.2) is 76.9 Å². The number of allylic oxidation sites excluding steroid dienone is 2. The first-order chi connectivity index (χ1) is 12.1. The van der Waals surface area contributed by atoms with Crippen LogP contribution in [0.3, 0.4) is 0 Å². The van der Waals surface area contributed by atoms with Crippen molar-refractivity contribution >= 4 is 17.8 Å². The zero-order chi connectivity index (χ0) is 17.4. The second-order valence-corrected chi connectivity index (χ2v) is 7.14. The number of hydrogen-bond acceptors (Lipinski definition) is 2.